The Morgan fingerprint density at radius 1 is 1.43 bits per heavy atom. The van der Waals surface area contributed by atoms with Crippen molar-refractivity contribution in [3.05, 3.63) is 41.3 Å². The van der Waals surface area contributed by atoms with E-state index in [4.69, 9.17) is 15.2 Å². The van der Waals surface area contributed by atoms with E-state index < -0.39 is 17.8 Å². The van der Waals surface area contributed by atoms with E-state index in [1.165, 1.54) is 0 Å². The van der Waals surface area contributed by atoms with Crippen molar-refractivity contribution in [2.75, 3.05) is 6.61 Å². The maximum absolute atomic E-state index is 12.1. The van der Waals surface area contributed by atoms with E-state index in [2.05, 4.69) is 0 Å². The van der Waals surface area contributed by atoms with Crippen LogP contribution in [0.5, 0.6) is 5.75 Å². The fraction of sp³-hybridized carbons (Fsp3) is 0.267. The third-order valence-corrected chi connectivity index (χ3v) is 3.16. The van der Waals surface area contributed by atoms with Gasteiger partial charge < -0.3 is 15.2 Å². The van der Waals surface area contributed by atoms with Crippen LogP contribution >= 0.6 is 0 Å². The lowest BCUT2D eigenvalue weighted by Crippen LogP contribution is -2.29. The molecule has 21 heavy (non-hydrogen) atoms. The zero-order valence-electron chi connectivity index (χ0n) is 11.4. The van der Waals surface area contributed by atoms with Crippen LogP contribution in [0.15, 0.2) is 35.7 Å². The number of benzene rings is 1. The van der Waals surface area contributed by atoms with Crippen molar-refractivity contribution in [2.24, 2.45) is 11.7 Å². The molecule has 0 radical (unpaired) electrons. The Hall–Kier alpha value is -2.99. The van der Waals surface area contributed by atoms with Gasteiger partial charge in [-0.1, -0.05) is 18.2 Å². The third kappa shape index (κ3) is 2.52. The van der Waals surface area contributed by atoms with Gasteiger partial charge in [-0.15, -0.1) is 0 Å². The number of carbonyl (C=O) groups is 1. The van der Waals surface area contributed by atoms with Crippen molar-refractivity contribution in [2.45, 2.75) is 12.8 Å². The number of carbonyl (C=O) groups excluding carboxylic acids is 1. The lowest BCUT2D eigenvalue weighted by Gasteiger charge is -2.28. The Morgan fingerprint density at radius 3 is 2.71 bits per heavy atom. The lowest BCUT2D eigenvalue weighted by molar-refractivity contribution is -0.139. The first-order valence-electron chi connectivity index (χ1n) is 6.36. The summed E-state index contributed by atoms with van der Waals surface area (Å²) in [7, 11) is 0. The highest BCUT2D eigenvalue weighted by molar-refractivity contribution is 5.92. The molecule has 0 spiro atoms. The van der Waals surface area contributed by atoms with Crippen LogP contribution in [0, 0.1) is 28.6 Å². The molecule has 2 rings (SSSR count). The highest BCUT2D eigenvalue weighted by atomic mass is 16.5. The lowest BCUT2D eigenvalue weighted by atomic mass is 9.80. The van der Waals surface area contributed by atoms with Crippen molar-refractivity contribution < 1.29 is 14.3 Å². The van der Waals surface area contributed by atoms with Crippen LogP contribution in [0.2, 0.25) is 0 Å². The number of ether oxygens (including phenoxy) is 2. The van der Waals surface area contributed by atoms with Crippen molar-refractivity contribution >= 4 is 5.97 Å². The first-order valence-corrected chi connectivity index (χ1v) is 6.36. The second kappa shape index (κ2) is 5.98. The molecule has 6 heteroatoms. The SMILES string of the molecule is CCOC(=O)C1=C(N)Oc2ccccc2C1C(C#N)C#N. The first kappa shape index (κ1) is 14.4. The van der Waals surface area contributed by atoms with Gasteiger partial charge in [0.15, 0.2) is 0 Å². The van der Waals surface area contributed by atoms with Crippen LogP contribution in [-0.2, 0) is 9.53 Å². The predicted molar refractivity (Wildman–Crippen MR) is 72.4 cm³/mol. The van der Waals surface area contributed by atoms with Crippen LogP contribution in [0.4, 0.5) is 0 Å². The molecule has 0 bridgehead atoms. The quantitative estimate of drug-likeness (QED) is 0.843. The Labute approximate surface area is 122 Å². The number of rotatable bonds is 3. The zero-order valence-corrected chi connectivity index (χ0v) is 11.4. The van der Waals surface area contributed by atoms with E-state index in [9.17, 15) is 15.3 Å². The smallest absolute Gasteiger partial charge is 0.340 e. The molecular formula is C15H13N3O3. The number of hydrogen-bond acceptors (Lipinski definition) is 6. The first-order chi connectivity index (χ1) is 10.1. The molecule has 1 unspecified atom stereocenters. The topological polar surface area (TPSA) is 109 Å². The summed E-state index contributed by atoms with van der Waals surface area (Å²) in [5.41, 5.74) is 6.39. The molecule has 1 aliphatic rings. The molecule has 0 aromatic heterocycles. The van der Waals surface area contributed by atoms with Gasteiger partial charge in [0.2, 0.25) is 5.88 Å². The number of para-hydroxylation sites is 1. The number of fused-ring (bicyclic) bond motifs is 1. The molecule has 0 amide bonds. The van der Waals surface area contributed by atoms with E-state index in [0.717, 1.165) is 0 Å². The minimum absolute atomic E-state index is 0.0173. The Balaban J connectivity index is 2.59. The molecular weight excluding hydrogens is 270 g/mol. The highest BCUT2D eigenvalue weighted by Gasteiger charge is 2.39. The zero-order chi connectivity index (χ0) is 15.4. The van der Waals surface area contributed by atoms with Gasteiger partial charge in [-0.05, 0) is 13.0 Å². The molecule has 0 saturated carbocycles. The molecule has 1 aromatic carbocycles. The number of nitrogens with two attached hydrogens (primary N) is 1. The van der Waals surface area contributed by atoms with Crippen molar-refractivity contribution in [3.8, 4) is 17.9 Å². The summed E-state index contributed by atoms with van der Waals surface area (Å²) in [6.45, 7) is 1.82. The van der Waals surface area contributed by atoms with Gasteiger partial charge in [0, 0.05) is 5.56 Å². The van der Waals surface area contributed by atoms with Gasteiger partial charge in [-0.25, -0.2) is 4.79 Å². The van der Waals surface area contributed by atoms with Crippen molar-refractivity contribution in [1.82, 2.24) is 0 Å². The summed E-state index contributed by atoms with van der Waals surface area (Å²) >= 11 is 0. The maximum Gasteiger partial charge on any atom is 0.340 e. The standard InChI is InChI=1S/C15H13N3O3/c1-2-20-15(19)13-12(9(7-16)8-17)10-5-3-4-6-11(10)21-14(13)18/h3-6,9,12H,2,18H2,1H3. The molecule has 106 valence electrons. The van der Waals surface area contributed by atoms with Crippen LogP contribution in [0.1, 0.15) is 18.4 Å². The number of nitrogens with zero attached hydrogens (tertiary/aromatic N) is 2. The summed E-state index contributed by atoms with van der Waals surface area (Å²) in [4.78, 5) is 12.1. The summed E-state index contributed by atoms with van der Waals surface area (Å²) in [6.07, 6.45) is 0. The fourth-order valence-electron chi connectivity index (χ4n) is 2.27. The Bertz CT molecular complexity index is 668. The van der Waals surface area contributed by atoms with E-state index in [1.54, 1.807) is 31.2 Å². The van der Waals surface area contributed by atoms with Crippen LogP contribution in [0.3, 0.4) is 0 Å². The number of nitriles is 2. The third-order valence-electron chi connectivity index (χ3n) is 3.16. The number of hydrogen-bond donors (Lipinski definition) is 1. The average molecular weight is 283 g/mol. The Kier molecular flexibility index (Phi) is 4.10. The van der Waals surface area contributed by atoms with Gasteiger partial charge >= 0.3 is 5.97 Å². The van der Waals surface area contributed by atoms with Crippen LogP contribution in [-0.4, -0.2) is 12.6 Å². The highest BCUT2D eigenvalue weighted by Crippen LogP contribution is 2.42. The summed E-state index contributed by atoms with van der Waals surface area (Å²) in [5, 5.41) is 18.4. The molecule has 1 aliphatic heterocycles. The van der Waals surface area contributed by atoms with E-state index in [1.807, 2.05) is 12.1 Å². The van der Waals surface area contributed by atoms with Crippen LogP contribution in [0.25, 0.3) is 0 Å². The summed E-state index contributed by atoms with van der Waals surface area (Å²) in [5.74, 6) is -2.22. The second-order valence-electron chi connectivity index (χ2n) is 4.35. The largest absolute Gasteiger partial charge is 0.462 e. The molecule has 2 N–H and O–H groups in total. The minimum atomic E-state index is -1.06. The second-order valence-corrected chi connectivity index (χ2v) is 4.35. The predicted octanol–water partition coefficient (Wildman–Crippen LogP) is 1.56. The minimum Gasteiger partial charge on any atom is -0.462 e. The van der Waals surface area contributed by atoms with Gasteiger partial charge in [-0.3, -0.25) is 0 Å². The molecule has 0 saturated heterocycles. The summed E-state index contributed by atoms with van der Waals surface area (Å²) < 4.78 is 10.4. The van der Waals surface area contributed by atoms with E-state index in [-0.39, 0.29) is 18.1 Å². The maximum atomic E-state index is 12.1. The van der Waals surface area contributed by atoms with Gasteiger partial charge in [0.05, 0.1) is 24.7 Å². The van der Waals surface area contributed by atoms with Crippen LogP contribution < -0.4 is 10.5 Å². The van der Waals surface area contributed by atoms with Crippen molar-refractivity contribution in [1.29, 1.82) is 10.5 Å². The Morgan fingerprint density at radius 2 is 2.10 bits per heavy atom. The van der Waals surface area contributed by atoms with Gasteiger partial charge in [0.1, 0.15) is 17.2 Å². The average Bonchev–Trinajstić information content (AvgIpc) is 2.48. The van der Waals surface area contributed by atoms with E-state index in [0.29, 0.717) is 11.3 Å². The number of esters is 1. The van der Waals surface area contributed by atoms with Crippen molar-refractivity contribution in [3.63, 3.8) is 0 Å². The fourth-order valence-corrected chi connectivity index (χ4v) is 2.27. The normalized spacial score (nSPS) is 16.5. The molecule has 1 atom stereocenters. The monoisotopic (exact) mass is 283 g/mol. The summed E-state index contributed by atoms with van der Waals surface area (Å²) in [6, 6.07) is 10.6. The molecule has 6 nitrogen and oxygen atoms in total. The molecule has 1 aromatic rings. The van der Waals surface area contributed by atoms with Gasteiger partial charge in [-0.2, -0.15) is 10.5 Å². The van der Waals surface area contributed by atoms with Gasteiger partial charge in [0.25, 0.3) is 0 Å². The molecule has 0 aliphatic carbocycles. The van der Waals surface area contributed by atoms with E-state index >= 15 is 0 Å². The molecule has 0 fully saturated rings. The molecule has 1 heterocycles.